The van der Waals surface area contributed by atoms with Crippen LogP contribution >= 0.6 is 0 Å². The van der Waals surface area contributed by atoms with Crippen molar-refractivity contribution >= 4 is 29.2 Å². The lowest BCUT2D eigenvalue weighted by Crippen LogP contribution is -2.21. The number of hydrogen-bond acceptors (Lipinski definition) is 4. The minimum Gasteiger partial charge on any atom is -0.452 e. The standard InChI is InChI=1S/C19H20N2O4/c1-12-4-5-15(10-13(12)2)19(24)25-11-18(23)21-17-8-6-16(7-9-17)20-14(3)22/h4-10H,11H2,1-3H3,(H,20,22)(H,21,23). The molecule has 0 aliphatic rings. The van der Waals surface area contributed by atoms with E-state index >= 15 is 0 Å². The van der Waals surface area contributed by atoms with Crippen molar-refractivity contribution in [1.29, 1.82) is 0 Å². The maximum Gasteiger partial charge on any atom is 0.338 e. The lowest BCUT2D eigenvalue weighted by Gasteiger charge is -2.08. The molecule has 0 aromatic heterocycles. The van der Waals surface area contributed by atoms with Crippen LogP contribution in [-0.2, 0) is 14.3 Å². The highest BCUT2D eigenvalue weighted by atomic mass is 16.5. The summed E-state index contributed by atoms with van der Waals surface area (Å²) in [4.78, 5) is 34.8. The van der Waals surface area contributed by atoms with Gasteiger partial charge in [0.05, 0.1) is 5.56 Å². The molecular formula is C19H20N2O4. The minimum absolute atomic E-state index is 0.171. The van der Waals surface area contributed by atoms with Crippen molar-refractivity contribution in [2.24, 2.45) is 0 Å². The van der Waals surface area contributed by atoms with Crippen LogP contribution in [-0.4, -0.2) is 24.4 Å². The number of ether oxygens (including phenoxy) is 1. The molecule has 2 N–H and O–H groups in total. The molecular weight excluding hydrogens is 320 g/mol. The predicted octanol–water partition coefficient (Wildman–Crippen LogP) is 3.06. The average molecular weight is 340 g/mol. The maximum atomic E-state index is 12.0. The van der Waals surface area contributed by atoms with Gasteiger partial charge >= 0.3 is 5.97 Å². The third-order valence-corrected chi connectivity index (χ3v) is 3.57. The van der Waals surface area contributed by atoms with Crippen LogP contribution in [0.2, 0.25) is 0 Å². The van der Waals surface area contributed by atoms with E-state index in [9.17, 15) is 14.4 Å². The van der Waals surface area contributed by atoms with E-state index in [2.05, 4.69) is 10.6 Å². The van der Waals surface area contributed by atoms with Gasteiger partial charge in [-0.2, -0.15) is 0 Å². The number of nitrogens with one attached hydrogen (secondary N) is 2. The van der Waals surface area contributed by atoms with E-state index in [0.29, 0.717) is 16.9 Å². The monoisotopic (exact) mass is 340 g/mol. The van der Waals surface area contributed by atoms with Gasteiger partial charge in [0.25, 0.3) is 5.91 Å². The van der Waals surface area contributed by atoms with Crippen LogP contribution in [0.4, 0.5) is 11.4 Å². The molecule has 2 rings (SSSR count). The fourth-order valence-corrected chi connectivity index (χ4v) is 2.12. The summed E-state index contributed by atoms with van der Waals surface area (Å²) in [6, 6.07) is 11.9. The third-order valence-electron chi connectivity index (χ3n) is 3.57. The molecule has 130 valence electrons. The molecule has 25 heavy (non-hydrogen) atoms. The first-order valence-corrected chi connectivity index (χ1v) is 7.77. The molecule has 0 saturated carbocycles. The summed E-state index contributed by atoms with van der Waals surface area (Å²) >= 11 is 0. The summed E-state index contributed by atoms with van der Waals surface area (Å²) in [5.41, 5.74) is 3.65. The van der Waals surface area contributed by atoms with Gasteiger partial charge in [-0.3, -0.25) is 9.59 Å². The van der Waals surface area contributed by atoms with Crippen molar-refractivity contribution in [2.75, 3.05) is 17.2 Å². The molecule has 2 amide bonds. The van der Waals surface area contributed by atoms with Gasteiger partial charge in [-0.05, 0) is 61.4 Å². The van der Waals surface area contributed by atoms with E-state index in [4.69, 9.17) is 4.74 Å². The van der Waals surface area contributed by atoms with Crippen LogP contribution < -0.4 is 10.6 Å². The number of hydrogen-bond donors (Lipinski definition) is 2. The average Bonchev–Trinajstić information content (AvgIpc) is 2.56. The second-order valence-corrected chi connectivity index (χ2v) is 5.68. The minimum atomic E-state index is -0.542. The molecule has 0 bridgehead atoms. The van der Waals surface area contributed by atoms with Crippen molar-refractivity contribution in [3.05, 3.63) is 59.2 Å². The Bertz CT molecular complexity index is 798. The SMILES string of the molecule is CC(=O)Nc1ccc(NC(=O)COC(=O)c2ccc(C)c(C)c2)cc1. The normalized spacial score (nSPS) is 10.0. The summed E-state index contributed by atoms with van der Waals surface area (Å²) in [5, 5.41) is 5.25. The van der Waals surface area contributed by atoms with Gasteiger partial charge in [-0.1, -0.05) is 6.07 Å². The molecule has 0 fully saturated rings. The first-order valence-electron chi connectivity index (χ1n) is 7.77. The highest BCUT2D eigenvalue weighted by molar-refractivity contribution is 5.96. The molecule has 6 nitrogen and oxygen atoms in total. The molecule has 2 aromatic rings. The Balaban J connectivity index is 1.86. The molecule has 0 saturated heterocycles. The number of aryl methyl sites for hydroxylation is 2. The van der Waals surface area contributed by atoms with Gasteiger partial charge < -0.3 is 15.4 Å². The van der Waals surface area contributed by atoms with Gasteiger partial charge in [0.1, 0.15) is 0 Å². The summed E-state index contributed by atoms with van der Waals surface area (Å²) in [5.74, 6) is -1.15. The number of esters is 1. The summed E-state index contributed by atoms with van der Waals surface area (Å²) in [7, 11) is 0. The van der Waals surface area contributed by atoms with Crippen LogP contribution in [0.15, 0.2) is 42.5 Å². The lowest BCUT2D eigenvalue weighted by molar-refractivity contribution is -0.119. The quantitative estimate of drug-likeness (QED) is 0.819. The largest absolute Gasteiger partial charge is 0.452 e. The third kappa shape index (κ3) is 5.46. The van der Waals surface area contributed by atoms with Gasteiger partial charge in [-0.15, -0.1) is 0 Å². The molecule has 0 radical (unpaired) electrons. The second kappa shape index (κ2) is 8.10. The van der Waals surface area contributed by atoms with E-state index in [-0.39, 0.29) is 12.5 Å². The molecule has 0 atom stereocenters. The van der Waals surface area contributed by atoms with Gasteiger partial charge in [0.15, 0.2) is 6.61 Å². The highest BCUT2D eigenvalue weighted by Gasteiger charge is 2.11. The Labute approximate surface area is 146 Å². The summed E-state index contributed by atoms with van der Waals surface area (Å²) in [6.07, 6.45) is 0. The van der Waals surface area contributed by atoms with E-state index in [1.165, 1.54) is 6.92 Å². The van der Waals surface area contributed by atoms with Crippen LogP contribution in [0.3, 0.4) is 0 Å². The second-order valence-electron chi connectivity index (χ2n) is 5.68. The Hall–Kier alpha value is -3.15. The number of rotatable bonds is 5. The van der Waals surface area contributed by atoms with Crippen LogP contribution in [0.25, 0.3) is 0 Å². The molecule has 0 spiro atoms. The first kappa shape index (κ1) is 18.2. The lowest BCUT2D eigenvalue weighted by atomic mass is 10.1. The number of anilines is 2. The number of carbonyl (C=O) groups is 3. The zero-order valence-corrected chi connectivity index (χ0v) is 14.4. The zero-order valence-electron chi connectivity index (χ0n) is 14.4. The highest BCUT2D eigenvalue weighted by Crippen LogP contribution is 2.14. The predicted molar refractivity (Wildman–Crippen MR) is 95.6 cm³/mol. The Morgan fingerprint density at radius 3 is 2.04 bits per heavy atom. The molecule has 6 heteroatoms. The van der Waals surface area contributed by atoms with Crippen molar-refractivity contribution in [1.82, 2.24) is 0 Å². The fraction of sp³-hybridized carbons (Fsp3) is 0.211. The topological polar surface area (TPSA) is 84.5 Å². The van der Waals surface area contributed by atoms with Gasteiger partial charge in [-0.25, -0.2) is 4.79 Å². The van der Waals surface area contributed by atoms with E-state index < -0.39 is 11.9 Å². The molecule has 0 aliphatic heterocycles. The Kier molecular flexibility index (Phi) is 5.89. The Morgan fingerprint density at radius 1 is 0.880 bits per heavy atom. The first-order chi connectivity index (χ1) is 11.8. The fourth-order valence-electron chi connectivity index (χ4n) is 2.12. The van der Waals surface area contributed by atoms with Crippen molar-refractivity contribution in [2.45, 2.75) is 20.8 Å². The Morgan fingerprint density at radius 2 is 1.48 bits per heavy atom. The molecule has 0 heterocycles. The van der Waals surface area contributed by atoms with Gasteiger partial charge in [0, 0.05) is 18.3 Å². The summed E-state index contributed by atoms with van der Waals surface area (Å²) < 4.78 is 5.03. The maximum absolute atomic E-state index is 12.0. The molecule has 2 aromatic carbocycles. The van der Waals surface area contributed by atoms with Crippen LogP contribution in [0.1, 0.15) is 28.4 Å². The summed E-state index contributed by atoms with van der Waals surface area (Å²) in [6.45, 7) is 4.90. The number of amides is 2. The van der Waals surface area contributed by atoms with Gasteiger partial charge in [0.2, 0.25) is 5.91 Å². The van der Waals surface area contributed by atoms with E-state index in [1.807, 2.05) is 19.9 Å². The number of carbonyl (C=O) groups excluding carboxylic acids is 3. The van der Waals surface area contributed by atoms with Crippen molar-refractivity contribution < 1.29 is 19.1 Å². The number of benzene rings is 2. The smallest absolute Gasteiger partial charge is 0.338 e. The van der Waals surface area contributed by atoms with E-state index in [1.54, 1.807) is 36.4 Å². The van der Waals surface area contributed by atoms with Crippen LogP contribution in [0.5, 0.6) is 0 Å². The molecule has 0 aliphatic carbocycles. The van der Waals surface area contributed by atoms with E-state index in [0.717, 1.165) is 11.1 Å². The van der Waals surface area contributed by atoms with Crippen molar-refractivity contribution in [3.63, 3.8) is 0 Å². The molecule has 0 unspecified atom stereocenters. The zero-order chi connectivity index (χ0) is 18.4. The van der Waals surface area contributed by atoms with Crippen molar-refractivity contribution in [3.8, 4) is 0 Å². The van der Waals surface area contributed by atoms with Crippen LogP contribution in [0, 0.1) is 13.8 Å².